The molecule has 4 unspecified atom stereocenters. The van der Waals surface area contributed by atoms with Gasteiger partial charge in [-0.2, -0.15) is 0 Å². The fourth-order valence-electron chi connectivity index (χ4n) is 4.02. The number of nitrogens with zero attached hydrogens (tertiary/aromatic N) is 5. The minimum Gasteiger partial charge on any atom is -0.394 e. The Hall–Kier alpha value is -2.28. The van der Waals surface area contributed by atoms with Gasteiger partial charge in [0.05, 0.1) is 19.8 Å². The number of aliphatic hydroxyl groups is 3. The molecule has 0 spiro atoms. The molecule has 2 aromatic heterocycles. The number of fused-ring (bicyclic) bond motifs is 1. The summed E-state index contributed by atoms with van der Waals surface area (Å²) in [5, 5.41) is 31.3. The van der Waals surface area contributed by atoms with E-state index < -0.39 is 31.1 Å². The fourth-order valence-corrected chi connectivity index (χ4v) is 4.91. The van der Waals surface area contributed by atoms with Crippen LogP contribution < -0.4 is 4.90 Å². The average molecular weight is 460 g/mol. The van der Waals surface area contributed by atoms with Crippen LogP contribution in [0.25, 0.3) is 11.2 Å². The predicted octanol–water partition coefficient (Wildman–Crippen LogP) is 0.567. The monoisotopic (exact) mass is 459 g/mol. The van der Waals surface area contributed by atoms with Gasteiger partial charge in [0.15, 0.2) is 11.9 Å². The summed E-state index contributed by atoms with van der Waals surface area (Å²) >= 11 is 1.56. The molecule has 0 radical (unpaired) electrons. The molecule has 3 N–H and O–H groups in total. The maximum Gasteiger partial charge on any atom is 0.210 e. The maximum absolute atomic E-state index is 10.7. The highest BCUT2D eigenvalue weighted by Crippen LogP contribution is 2.37. The normalized spacial score (nSPS) is 26.2. The number of rotatable bonds is 6. The highest BCUT2D eigenvalue weighted by atomic mass is 32.2. The quantitative estimate of drug-likeness (QED) is 0.356. The van der Waals surface area contributed by atoms with E-state index >= 15 is 0 Å². The van der Waals surface area contributed by atoms with Crippen molar-refractivity contribution < 1.29 is 24.8 Å². The molecule has 0 aliphatic carbocycles. The van der Waals surface area contributed by atoms with E-state index in [-0.39, 0.29) is 0 Å². The van der Waals surface area contributed by atoms with Crippen LogP contribution in [-0.2, 0) is 15.2 Å². The Kier molecular flexibility index (Phi) is 6.26. The van der Waals surface area contributed by atoms with Gasteiger partial charge in [-0.15, -0.1) is 0 Å². The molecule has 2 saturated heterocycles. The van der Waals surface area contributed by atoms with E-state index in [0.29, 0.717) is 43.4 Å². The first-order chi connectivity index (χ1) is 15.7. The van der Waals surface area contributed by atoms with Crippen LogP contribution >= 0.6 is 11.8 Å². The molecule has 0 saturated carbocycles. The zero-order valence-corrected chi connectivity index (χ0v) is 18.1. The lowest BCUT2D eigenvalue weighted by atomic mass is 10.1. The average Bonchev–Trinajstić information content (AvgIpc) is 3.36. The first-order valence-electron chi connectivity index (χ1n) is 10.5. The van der Waals surface area contributed by atoms with Crippen molar-refractivity contribution in [2.45, 2.75) is 35.3 Å². The number of anilines is 1. The van der Waals surface area contributed by atoms with Crippen LogP contribution in [0.4, 0.5) is 5.95 Å². The van der Waals surface area contributed by atoms with Crippen LogP contribution in [0.5, 0.6) is 0 Å². The van der Waals surface area contributed by atoms with Crippen LogP contribution in [0.15, 0.2) is 41.7 Å². The van der Waals surface area contributed by atoms with Crippen molar-refractivity contribution in [1.82, 2.24) is 19.5 Å². The SMILES string of the molecule is OCC1OC(n2c(N3CCOCC3)nc3c(SCc4ccccc4)ncnc32)C(O)C1O. The summed E-state index contributed by atoms with van der Waals surface area (Å²) in [4.78, 5) is 15.8. The Labute approximate surface area is 188 Å². The molecule has 1 aromatic carbocycles. The number of hydrogen-bond acceptors (Lipinski definition) is 10. The summed E-state index contributed by atoms with van der Waals surface area (Å²) in [7, 11) is 0. The summed E-state index contributed by atoms with van der Waals surface area (Å²) in [5.74, 6) is 1.29. The Morgan fingerprint density at radius 3 is 2.56 bits per heavy atom. The number of hydrogen-bond donors (Lipinski definition) is 3. The Morgan fingerprint density at radius 2 is 1.84 bits per heavy atom. The summed E-state index contributed by atoms with van der Waals surface area (Å²) in [6.45, 7) is 1.96. The first-order valence-corrected chi connectivity index (χ1v) is 11.5. The molecule has 0 bridgehead atoms. The molecule has 2 fully saturated rings. The highest BCUT2D eigenvalue weighted by Gasteiger charge is 2.45. The molecule has 170 valence electrons. The van der Waals surface area contributed by atoms with E-state index in [0.717, 1.165) is 10.8 Å². The number of aromatic nitrogens is 4. The molecule has 3 aromatic rings. The summed E-state index contributed by atoms with van der Waals surface area (Å²) in [6, 6.07) is 10.1. The van der Waals surface area contributed by atoms with E-state index in [1.54, 1.807) is 16.3 Å². The lowest BCUT2D eigenvalue weighted by Gasteiger charge is -2.30. The summed E-state index contributed by atoms with van der Waals surface area (Å²) in [6.07, 6.45) is -2.81. The smallest absolute Gasteiger partial charge is 0.210 e. The Bertz CT molecular complexity index is 1060. The molecule has 10 nitrogen and oxygen atoms in total. The number of benzene rings is 1. The van der Waals surface area contributed by atoms with E-state index in [1.165, 1.54) is 11.9 Å². The van der Waals surface area contributed by atoms with Gasteiger partial charge < -0.3 is 29.7 Å². The van der Waals surface area contributed by atoms with Crippen LogP contribution in [0.1, 0.15) is 11.8 Å². The molecule has 2 aliphatic heterocycles. The third-order valence-electron chi connectivity index (χ3n) is 5.71. The summed E-state index contributed by atoms with van der Waals surface area (Å²) in [5.41, 5.74) is 2.28. The molecule has 4 heterocycles. The van der Waals surface area contributed by atoms with Gasteiger partial charge in [-0.05, 0) is 5.56 Å². The third kappa shape index (κ3) is 3.96. The number of thioether (sulfide) groups is 1. The van der Waals surface area contributed by atoms with Gasteiger partial charge in [-0.25, -0.2) is 15.0 Å². The van der Waals surface area contributed by atoms with Gasteiger partial charge in [0.25, 0.3) is 0 Å². The molecule has 11 heteroatoms. The largest absolute Gasteiger partial charge is 0.394 e. The second kappa shape index (κ2) is 9.30. The molecule has 5 rings (SSSR count). The number of aliphatic hydroxyl groups excluding tert-OH is 3. The molecular weight excluding hydrogens is 434 g/mol. The zero-order chi connectivity index (χ0) is 22.1. The molecule has 32 heavy (non-hydrogen) atoms. The first kappa shape index (κ1) is 21.6. The number of imidazole rings is 1. The van der Waals surface area contributed by atoms with Crippen molar-refractivity contribution in [2.24, 2.45) is 0 Å². The van der Waals surface area contributed by atoms with E-state index in [1.807, 2.05) is 23.1 Å². The Morgan fingerprint density at radius 1 is 1.06 bits per heavy atom. The maximum atomic E-state index is 10.7. The highest BCUT2D eigenvalue weighted by molar-refractivity contribution is 7.98. The minimum atomic E-state index is -1.24. The van der Waals surface area contributed by atoms with Crippen LogP contribution in [0.3, 0.4) is 0 Å². The van der Waals surface area contributed by atoms with E-state index in [2.05, 4.69) is 22.1 Å². The van der Waals surface area contributed by atoms with Crippen molar-refractivity contribution in [3.05, 3.63) is 42.2 Å². The lowest BCUT2D eigenvalue weighted by Crippen LogP contribution is -2.39. The van der Waals surface area contributed by atoms with Gasteiger partial charge in [0.1, 0.15) is 35.2 Å². The van der Waals surface area contributed by atoms with Crippen LogP contribution in [0.2, 0.25) is 0 Å². The lowest BCUT2D eigenvalue weighted by molar-refractivity contribution is -0.0506. The molecule has 4 atom stereocenters. The van der Waals surface area contributed by atoms with Gasteiger partial charge in [0, 0.05) is 18.8 Å². The standard InChI is InChI=1S/C21H25N5O5S/c27-10-14-16(28)17(29)20(31-14)26-18-15(24-21(26)25-6-8-30-9-7-25)19(23-12-22-18)32-11-13-4-2-1-3-5-13/h1-5,12,14,16-17,20,27-29H,6-11H2. The van der Waals surface area contributed by atoms with E-state index in [4.69, 9.17) is 14.5 Å². The number of morpholine rings is 1. The van der Waals surface area contributed by atoms with Crippen LogP contribution in [0, 0.1) is 0 Å². The molecular formula is C21H25N5O5S. The van der Waals surface area contributed by atoms with Gasteiger partial charge in [-0.1, -0.05) is 42.1 Å². The molecule has 2 aliphatic rings. The second-order valence-corrected chi connectivity index (χ2v) is 8.70. The van der Waals surface area contributed by atoms with Crippen molar-refractivity contribution in [2.75, 3.05) is 37.8 Å². The third-order valence-corrected chi connectivity index (χ3v) is 6.76. The molecule has 0 amide bonds. The van der Waals surface area contributed by atoms with Gasteiger partial charge in [0.2, 0.25) is 5.95 Å². The van der Waals surface area contributed by atoms with Crippen molar-refractivity contribution in [3.63, 3.8) is 0 Å². The van der Waals surface area contributed by atoms with Crippen molar-refractivity contribution >= 4 is 28.9 Å². The minimum absolute atomic E-state index is 0.401. The fraction of sp³-hybridized carbons (Fsp3) is 0.476. The van der Waals surface area contributed by atoms with Crippen molar-refractivity contribution in [1.29, 1.82) is 0 Å². The summed E-state index contributed by atoms with van der Waals surface area (Å²) < 4.78 is 13.0. The topological polar surface area (TPSA) is 126 Å². The Balaban J connectivity index is 1.56. The van der Waals surface area contributed by atoms with Crippen LogP contribution in [-0.4, -0.2) is 86.1 Å². The van der Waals surface area contributed by atoms with Crippen molar-refractivity contribution in [3.8, 4) is 0 Å². The predicted molar refractivity (Wildman–Crippen MR) is 117 cm³/mol. The van der Waals surface area contributed by atoms with Gasteiger partial charge >= 0.3 is 0 Å². The zero-order valence-electron chi connectivity index (χ0n) is 17.3. The van der Waals surface area contributed by atoms with Gasteiger partial charge in [-0.3, -0.25) is 4.57 Å². The second-order valence-electron chi connectivity index (χ2n) is 7.74. The van der Waals surface area contributed by atoms with E-state index in [9.17, 15) is 15.3 Å². The number of ether oxygens (including phenoxy) is 2.